The van der Waals surface area contributed by atoms with Crippen LogP contribution >= 0.6 is 15.9 Å². The molecule has 0 saturated carbocycles. The molecule has 4 aromatic rings. The molecule has 1 aromatic heterocycles. The monoisotopic (exact) mass is 891 g/mol. The van der Waals surface area contributed by atoms with Crippen molar-refractivity contribution >= 4 is 33.9 Å². The van der Waals surface area contributed by atoms with Gasteiger partial charge in [0.25, 0.3) is 0 Å². The second-order valence-corrected chi connectivity index (χ2v) is 16.1. The van der Waals surface area contributed by atoms with Gasteiger partial charge in [0.1, 0.15) is 42.5 Å². The fourth-order valence-electron chi connectivity index (χ4n) is 7.57. The highest BCUT2D eigenvalue weighted by atomic mass is 79.9. The number of ether oxygens (including phenoxy) is 7. The summed E-state index contributed by atoms with van der Waals surface area (Å²) in [5.41, 5.74) is 2.72. The first-order valence-corrected chi connectivity index (χ1v) is 21.1. The molecule has 2 saturated heterocycles. The number of cyclic esters (lactones) is 1. The standard InChI is InChI=1S/C46H54BrNO12/c1-29(2)36-28-57-46(52)48(36)44(51)34(23-31-15-8-5-9-16-31)40(58-30(3)50)38-24-35(47)37(59-38)21-14-22-54-43-42(56-27-33-19-12-7-13-20-33)41(39(25-49)60-45(43)53-4)55-26-32-17-10-6-11-18-32/h5-13,15-20,24,29,34,36,39-43,45,49H,14,21-23,25-28H2,1-4H3/t34-,36-,39-,40+,41-,42+,43+,45+/m1/s1. The second-order valence-electron chi connectivity index (χ2n) is 15.3. The number of halogens is 1. The Balaban J connectivity index is 1.20. The van der Waals surface area contributed by atoms with Crippen LogP contribution < -0.4 is 0 Å². The molecule has 3 heterocycles. The Bertz CT molecular complexity index is 1960. The SMILES string of the molecule is CO[C@H]1O[C@H](CO)[C@@H](OCc2ccccc2)[C@H](OCc2ccccc2)[C@@H]1OCCCc1oc([C@@H](OC(C)=O)[C@@H](Cc2ccccc2)C(=O)N2C(=O)OC[C@@H]2C(C)C)cc1Br. The Kier molecular flexibility index (Phi) is 16.5. The van der Waals surface area contributed by atoms with Gasteiger partial charge in [-0.1, -0.05) is 105 Å². The van der Waals surface area contributed by atoms with Crippen LogP contribution in [-0.2, 0) is 68.8 Å². The molecule has 14 heteroatoms. The van der Waals surface area contributed by atoms with E-state index in [1.807, 2.05) is 105 Å². The van der Waals surface area contributed by atoms with Crippen molar-refractivity contribution in [3.63, 3.8) is 0 Å². The summed E-state index contributed by atoms with van der Waals surface area (Å²) >= 11 is 3.63. The normalized spacial score (nSPS) is 22.7. The molecule has 0 bridgehead atoms. The lowest BCUT2D eigenvalue weighted by Crippen LogP contribution is -2.61. The molecule has 0 radical (unpaired) electrons. The zero-order valence-corrected chi connectivity index (χ0v) is 35.9. The number of amides is 2. The van der Waals surface area contributed by atoms with Gasteiger partial charge in [0.2, 0.25) is 5.91 Å². The van der Waals surface area contributed by atoms with Crippen LogP contribution in [0.15, 0.2) is 106 Å². The molecule has 2 aliphatic rings. The quantitative estimate of drug-likeness (QED) is 0.0697. The van der Waals surface area contributed by atoms with E-state index in [1.165, 1.54) is 14.0 Å². The first-order chi connectivity index (χ1) is 29.1. The Labute approximate surface area is 359 Å². The summed E-state index contributed by atoms with van der Waals surface area (Å²) < 4.78 is 49.6. The van der Waals surface area contributed by atoms with E-state index in [0.717, 1.165) is 21.6 Å². The van der Waals surface area contributed by atoms with E-state index in [0.29, 0.717) is 23.1 Å². The van der Waals surface area contributed by atoms with Crippen LogP contribution in [-0.4, -0.2) is 91.7 Å². The Morgan fingerprint density at radius 1 is 0.867 bits per heavy atom. The number of carbonyl (C=O) groups excluding carboxylic acids is 3. The zero-order valence-electron chi connectivity index (χ0n) is 34.4. The van der Waals surface area contributed by atoms with Gasteiger partial charge in [0.15, 0.2) is 12.4 Å². The minimum Gasteiger partial charge on any atom is -0.461 e. The molecular formula is C46H54BrNO12. The molecule has 0 unspecified atom stereocenters. The summed E-state index contributed by atoms with van der Waals surface area (Å²) in [6, 6.07) is 30.0. The van der Waals surface area contributed by atoms with Crippen molar-refractivity contribution in [2.24, 2.45) is 11.8 Å². The van der Waals surface area contributed by atoms with Crippen LogP contribution in [0.3, 0.4) is 0 Å². The number of nitrogens with zero attached hydrogens (tertiary/aromatic N) is 1. The molecular weight excluding hydrogens is 838 g/mol. The lowest BCUT2D eigenvalue weighted by atomic mass is 9.90. The third kappa shape index (κ3) is 11.5. The fourth-order valence-corrected chi connectivity index (χ4v) is 8.08. The maximum Gasteiger partial charge on any atom is 0.416 e. The first-order valence-electron chi connectivity index (χ1n) is 20.3. The predicted octanol–water partition coefficient (Wildman–Crippen LogP) is 7.36. The average molecular weight is 893 g/mol. The van der Waals surface area contributed by atoms with Gasteiger partial charge in [-0.25, -0.2) is 9.69 Å². The van der Waals surface area contributed by atoms with Crippen molar-refractivity contribution < 1.29 is 57.1 Å². The Hall–Kier alpha value is -4.41. The van der Waals surface area contributed by atoms with Crippen molar-refractivity contribution in [2.45, 2.75) is 96.1 Å². The lowest BCUT2D eigenvalue weighted by Gasteiger charge is -2.45. The van der Waals surface area contributed by atoms with Crippen LogP contribution in [0, 0.1) is 11.8 Å². The van der Waals surface area contributed by atoms with Crippen molar-refractivity contribution in [3.8, 4) is 0 Å². The maximum atomic E-state index is 14.4. The van der Waals surface area contributed by atoms with E-state index in [-0.39, 0.29) is 51.1 Å². The Morgan fingerprint density at radius 3 is 2.03 bits per heavy atom. The molecule has 322 valence electrons. The first kappa shape index (κ1) is 45.1. The van der Waals surface area contributed by atoms with Gasteiger partial charge in [-0.05, 0) is 57.4 Å². The van der Waals surface area contributed by atoms with E-state index in [1.54, 1.807) is 6.07 Å². The van der Waals surface area contributed by atoms with Gasteiger partial charge in [0.05, 0.1) is 36.3 Å². The van der Waals surface area contributed by atoms with Gasteiger partial charge in [-0.15, -0.1) is 0 Å². The van der Waals surface area contributed by atoms with Gasteiger partial charge in [-0.2, -0.15) is 0 Å². The van der Waals surface area contributed by atoms with Crippen LogP contribution in [0.5, 0.6) is 0 Å². The third-order valence-corrected chi connectivity index (χ3v) is 11.3. The topological polar surface area (TPSA) is 152 Å². The Morgan fingerprint density at radius 2 is 1.47 bits per heavy atom. The number of imide groups is 1. The van der Waals surface area contributed by atoms with E-state index in [9.17, 15) is 19.5 Å². The third-order valence-electron chi connectivity index (χ3n) is 10.7. The zero-order chi connectivity index (χ0) is 42.6. The molecule has 2 aliphatic heterocycles. The van der Waals surface area contributed by atoms with Crippen LogP contribution in [0.2, 0.25) is 0 Å². The van der Waals surface area contributed by atoms with Crippen molar-refractivity contribution in [2.75, 3.05) is 26.9 Å². The van der Waals surface area contributed by atoms with E-state index < -0.39 is 66.7 Å². The fraction of sp³-hybridized carbons (Fsp3) is 0.457. The molecule has 2 fully saturated rings. The maximum absolute atomic E-state index is 14.4. The largest absolute Gasteiger partial charge is 0.461 e. The number of aliphatic hydroxyl groups excluding tert-OH is 1. The van der Waals surface area contributed by atoms with Crippen molar-refractivity contribution in [3.05, 3.63) is 130 Å². The van der Waals surface area contributed by atoms with Crippen LogP contribution in [0.25, 0.3) is 0 Å². The summed E-state index contributed by atoms with van der Waals surface area (Å²) in [5, 5.41) is 10.4. The smallest absolute Gasteiger partial charge is 0.416 e. The van der Waals surface area contributed by atoms with Crippen LogP contribution in [0.1, 0.15) is 61.5 Å². The predicted molar refractivity (Wildman–Crippen MR) is 222 cm³/mol. The molecule has 6 rings (SSSR count). The highest BCUT2D eigenvalue weighted by molar-refractivity contribution is 9.10. The van der Waals surface area contributed by atoms with Gasteiger partial charge in [-0.3, -0.25) is 9.59 Å². The summed E-state index contributed by atoms with van der Waals surface area (Å²) in [5.74, 6) is -1.42. The summed E-state index contributed by atoms with van der Waals surface area (Å²) in [4.78, 5) is 41.2. The molecule has 2 amide bonds. The number of methoxy groups -OCH3 is 1. The number of hydrogen-bond donors (Lipinski definition) is 1. The molecule has 8 atom stereocenters. The minimum absolute atomic E-state index is 0.0645. The minimum atomic E-state index is -1.16. The number of rotatable bonds is 20. The van der Waals surface area contributed by atoms with Gasteiger partial charge >= 0.3 is 12.1 Å². The number of aliphatic hydroxyl groups is 1. The molecule has 60 heavy (non-hydrogen) atoms. The number of esters is 1. The molecule has 13 nitrogen and oxygen atoms in total. The molecule has 3 aromatic carbocycles. The van der Waals surface area contributed by atoms with E-state index >= 15 is 0 Å². The van der Waals surface area contributed by atoms with Gasteiger partial charge in [0, 0.05) is 27.1 Å². The number of benzene rings is 3. The number of furan rings is 1. The van der Waals surface area contributed by atoms with Crippen molar-refractivity contribution in [1.82, 2.24) is 4.90 Å². The summed E-state index contributed by atoms with van der Waals surface area (Å²) in [7, 11) is 1.52. The highest BCUT2D eigenvalue weighted by Gasteiger charge is 2.49. The van der Waals surface area contributed by atoms with E-state index in [2.05, 4.69) is 15.9 Å². The number of hydrogen-bond acceptors (Lipinski definition) is 12. The van der Waals surface area contributed by atoms with Crippen molar-refractivity contribution in [1.29, 1.82) is 0 Å². The summed E-state index contributed by atoms with van der Waals surface area (Å²) in [6.07, 6.45) is -4.57. The average Bonchev–Trinajstić information content (AvgIpc) is 3.84. The van der Waals surface area contributed by atoms with Gasteiger partial charge < -0.3 is 42.7 Å². The number of carbonyl (C=O) groups is 3. The second kappa shape index (κ2) is 21.9. The lowest BCUT2D eigenvalue weighted by molar-refractivity contribution is -0.319. The van der Waals surface area contributed by atoms with E-state index in [4.69, 9.17) is 37.6 Å². The summed E-state index contributed by atoms with van der Waals surface area (Å²) in [6.45, 7) is 5.63. The molecule has 0 spiro atoms. The highest BCUT2D eigenvalue weighted by Crippen LogP contribution is 2.38. The number of aryl methyl sites for hydroxylation is 1. The van der Waals surface area contributed by atoms with Crippen LogP contribution in [0.4, 0.5) is 4.79 Å². The molecule has 0 aliphatic carbocycles. The molecule has 1 N–H and O–H groups in total.